The van der Waals surface area contributed by atoms with E-state index in [9.17, 15) is 0 Å². The van der Waals surface area contributed by atoms with Crippen molar-refractivity contribution in [2.24, 2.45) is 0 Å². The molecule has 0 aromatic heterocycles. The fourth-order valence-corrected chi connectivity index (χ4v) is 9.67. The van der Waals surface area contributed by atoms with Crippen LogP contribution in [0.2, 0.25) is 64.0 Å². The highest BCUT2D eigenvalue weighted by Crippen LogP contribution is 2.23. The van der Waals surface area contributed by atoms with Crippen LogP contribution in [0, 0.1) is 0 Å². The fraction of sp³-hybridized carbons (Fsp3) is 1.00. The largest absolute Gasteiger partial charge is 0.498 e. The van der Waals surface area contributed by atoms with E-state index < -0.39 is 8.80 Å². The van der Waals surface area contributed by atoms with Crippen molar-refractivity contribution in [3.05, 3.63) is 0 Å². The van der Waals surface area contributed by atoms with Gasteiger partial charge in [0.25, 0.3) is 0 Å². The van der Waals surface area contributed by atoms with E-state index in [-0.39, 0.29) is 44.7 Å². The molecule has 32 heavy (non-hydrogen) atoms. The number of rotatable bonds is 21. The first-order chi connectivity index (χ1) is 14.9. The minimum absolute atomic E-state index is 0.109. The molecule has 0 spiro atoms. The van der Waals surface area contributed by atoms with Gasteiger partial charge in [-0.2, -0.15) is 0 Å². The lowest BCUT2D eigenvalue weighted by Gasteiger charge is -2.34. The first-order valence-electron chi connectivity index (χ1n) is 13.3. The monoisotopic (exact) mass is 517 g/mol. The normalized spacial score (nSPS) is 17.2. The molecule has 3 unspecified atom stereocenters. The fourth-order valence-electron chi connectivity index (χ4n) is 4.09. The summed E-state index contributed by atoms with van der Waals surface area (Å²) in [5.41, 5.74) is 0. The minimum atomic E-state index is -2.67. The van der Waals surface area contributed by atoms with Gasteiger partial charge in [0.1, 0.15) is 0 Å². The topological polar surface area (TPSA) is 27.7 Å². The Morgan fingerprint density at radius 2 is 0.750 bits per heavy atom. The number of hydrogen-bond acceptors (Lipinski definition) is 3. The van der Waals surface area contributed by atoms with Crippen LogP contribution in [-0.4, -0.2) is 53.5 Å². The van der Waals surface area contributed by atoms with Crippen LogP contribution in [-0.2, 0) is 13.3 Å². The SMILES string of the molecule is CC(CCCC[Si](C)C)O[Si](C)(OC(C)CCCC[Si](C)C)OC(C)CCCC[Si](C)C. The second kappa shape index (κ2) is 19.0. The van der Waals surface area contributed by atoms with E-state index in [0.717, 1.165) is 19.3 Å². The van der Waals surface area contributed by atoms with Gasteiger partial charge in [0, 0.05) is 51.2 Å². The summed E-state index contributed by atoms with van der Waals surface area (Å²) in [4.78, 5) is 0. The Bertz CT molecular complexity index is 376. The van der Waals surface area contributed by atoms with Crippen LogP contribution < -0.4 is 0 Å². The minimum Gasteiger partial charge on any atom is -0.371 e. The molecule has 0 bridgehead atoms. The van der Waals surface area contributed by atoms with Gasteiger partial charge in [-0.15, -0.1) is 0 Å². The Morgan fingerprint density at radius 1 is 0.500 bits per heavy atom. The Balaban J connectivity index is 4.72. The Labute approximate surface area is 209 Å². The van der Waals surface area contributed by atoms with Gasteiger partial charge in [-0.05, 0) is 40.0 Å². The molecule has 0 rings (SSSR count). The molecular weight excluding hydrogens is 461 g/mol. The molecule has 0 aliphatic rings. The standard InChI is InChI=1S/C25H57O3Si4/c1-23(17-11-14-20-29(4)5)26-32(10,27-24(2)18-12-15-21-30(6)7)28-25(3)19-13-16-22-31(8)9/h23-25H,11-22H2,1-10H3. The molecule has 7 heteroatoms. The lowest BCUT2D eigenvalue weighted by Crippen LogP contribution is -2.49. The Kier molecular flexibility index (Phi) is 19.4. The molecule has 0 amide bonds. The predicted octanol–water partition coefficient (Wildman–Crippen LogP) is 8.54. The first kappa shape index (κ1) is 32.7. The van der Waals surface area contributed by atoms with Gasteiger partial charge in [0.2, 0.25) is 0 Å². The summed E-state index contributed by atoms with van der Waals surface area (Å²) in [5.74, 6) is 0. The number of hydrogen-bond donors (Lipinski definition) is 0. The van der Waals surface area contributed by atoms with Crippen molar-refractivity contribution in [3.8, 4) is 0 Å². The summed E-state index contributed by atoms with van der Waals surface area (Å²) < 4.78 is 19.8. The van der Waals surface area contributed by atoms with Crippen molar-refractivity contribution in [3.63, 3.8) is 0 Å². The second-order valence-corrected chi connectivity index (χ2v) is 22.2. The highest BCUT2D eigenvalue weighted by atomic mass is 28.4. The summed E-state index contributed by atoms with van der Waals surface area (Å²) in [7, 11) is -2.99. The lowest BCUT2D eigenvalue weighted by molar-refractivity contribution is -0.00946. The average Bonchev–Trinajstić information content (AvgIpc) is 2.65. The van der Waals surface area contributed by atoms with Crippen molar-refractivity contribution < 1.29 is 13.3 Å². The molecule has 0 saturated heterocycles. The van der Waals surface area contributed by atoms with Gasteiger partial charge in [-0.3, -0.25) is 0 Å². The molecule has 0 N–H and O–H groups in total. The Hall–Kier alpha value is 0.748. The van der Waals surface area contributed by atoms with Gasteiger partial charge in [-0.1, -0.05) is 95.9 Å². The van der Waals surface area contributed by atoms with E-state index in [0.29, 0.717) is 0 Å². The highest BCUT2D eigenvalue weighted by Gasteiger charge is 2.40. The maximum atomic E-state index is 6.59. The summed E-state index contributed by atoms with van der Waals surface area (Å²) in [6.07, 6.45) is 11.7. The van der Waals surface area contributed by atoms with Crippen LogP contribution in [0.1, 0.15) is 78.6 Å². The maximum absolute atomic E-state index is 6.59. The van der Waals surface area contributed by atoms with Gasteiger partial charge >= 0.3 is 8.80 Å². The smallest absolute Gasteiger partial charge is 0.371 e. The van der Waals surface area contributed by atoms with Crippen LogP contribution in [0.5, 0.6) is 0 Å². The average molecular weight is 518 g/mol. The van der Waals surface area contributed by atoms with E-state index in [1.807, 2.05) is 0 Å². The summed E-state index contributed by atoms with van der Waals surface area (Å²) in [6, 6.07) is 4.22. The molecule has 0 saturated carbocycles. The molecule has 3 atom stereocenters. The van der Waals surface area contributed by atoms with Crippen molar-refractivity contribution in [1.82, 2.24) is 0 Å². The third kappa shape index (κ3) is 20.1. The predicted molar refractivity (Wildman–Crippen MR) is 152 cm³/mol. The highest BCUT2D eigenvalue weighted by molar-refractivity contribution is 6.59. The van der Waals surface area contributed by atoms with Crippen LogP contribution in [0.3, 0.4) is 0 Å². The summed E-state index contributed by atoms with van der Waals surface area (Å²) in [5, 5.41) is 0. The molecule has 0 aromatic rings. The zero-order valence-electron chi connectivity index (χ0n) is 23.4. The quantitative estimate of drug-likeness (QED) is 0.113. The van der Waals surface area contributed by atoms with E-state index in [2.05, 4.69) is 66.6 Å². The summed E-state index contributed by atoms with van der Waals surface area (Å²) >= 11 is 0. The second-order valence-electron chi connectivity index (χ2n) is 11.0. The molecule has 0 fully saturated rings. The molecule has 0 aromatic carbocycles. The molecule has 3 nitrogen and oxygen atoms in total. The van der Waals surface area contributed by atoms with E-state index in [4.69, 9.17) is 13.3 Å². The van der Waals surface area contributed by atoms with Crippen LogP contribution in [0.4, 0.5) is 0 Å². The zero-order valence-corrected chi connectivity index (χ0v) is 27.4. The first-order valence-corrected chi connectivity index (χ1v) is 23.7. The number of unbranched alkanes of at least 4 members (excludes halogenated alkanes) is 3. The molecule has 0 heterocycles. The lowest BCUT2D eigenvalue weighted by atomic mass is 10.2. The third-order valence-corrected chi connectivity index (χ3v) is 12.4. The van der Waals surface area contributed by atoms with Gasteiger partial charge in [-0.25, -0.2) is 0 Å². The molecule has 3 radical (unpaired) electrons. The van der Waals surface area contributed by atoms with E-state index >= 15 is 0 Å². The molecule has 0 aliphatic heterocycles. The van der Waals surface area contributed by atoms with Crippen molar-refractivity contribution in [2.45, 2.75) is 161 Å². The van der Waals surface area contributed by atoms with E-state index in [1.165, 1.54) is 56.7 Å². The van der Waals surface area contributed by atoms with Gasteiger partial charge < -0.3 is 13.3 Å². The maximum Gasteiger partial charge on any atom is 0.498 e. The van der Waals surface area contributed by atoms with Gasteiger partial charge in [0.15, 0.2) is 0 Å². The van der Waals surface area contributed by atoms with Gasteiger partial charge in [0.05, 0.1) is 0 Å². The summed E-state index contributed by atoms with van der Waals surface area (Å²) in [6.45, 7) is 23.2. The zero-order chi connectivity index (χ0) is 24.6. The van der Waals surface area contributed by atoms with Crippen LogP contribution in [0.15, 0.2) is 0 Å². The Morgan fingerprint density at radius 3 is 0.969 bits per heavy atom. The van der Waals surface area contributed by atoms with Crippen LogP contribution >= 0.6 is 0 Å². The molecule has 0 aliphatic carbocycles. The van der Waals surface area contributed by atoms with Crippen molar-refractivity contribution >= 4 is 35.2 Å². The van der Waals surface area contributed by atoms with Crippen molar-refractivity contribution in [1.29, 1.82) is 0 Å². The molecule has 191 valence electrons. The van der Waals surface area contributed by atoms with Crippen molar-refractivity contribution in [2.75, 3.05) is 0 Å². The third-order valence-electron chi connectivity index (χ3n) is 5.86. The molecular formula is C25H57O3Si4. The van der Waals surface area contributed by atoms with E-state index in [1.54, 1.807) is 0 Å². The van der Waals surface area contributed by atoms with Crippen LogP contribution in [0.25, 0.3) is 0 Å².